The van der Waals surface area contributed by atoms with E-state index in [4.69, 9.17) is 10.8 Å². The Morgan fingerprint density at radius 1 is 1.40 bits per heavy atom. The van der Waals surface area contributed by atoms with Gasteiger partial charge in [-0.1, -0.05) is 6.07 Å². The average Bonchev–Trinajstić information content (AvgIpc) is 2.65. The second-order valence-corrected chi connectivity index (χ2v) is 3.03. The molecular formula is C10H9N3O2. The number of nitrogens with two attached hydrogens (primary N) is 1. The summed E-state index contributed by atoms with van der Waals surface area (Å²) >= 11 is 0. The van der Waals surface area contributed by atoms with E-state index in [1.54, 1.807) is 24.3 Å². The van der Waals surface area contributed by atoms with Crippen LogP contribution in [0.15, 0.2) is 36.5 Å². The predicted molar refractivity (Wildman–Crippen MR) is 54.9 cm³/mol. The van der Waals surface area contributed by atoms with E-state index in [0.717, 1.165) is 0 Å². The van der Waals surface area contributed by atoms with Crippen molar-refractivity contribution < 1.29 is 9.90 Å². The third-order valence-electron chi connectivity index (χ3n) is 1.98. The van der Waals surface area contributed by atoms with Crippen molar-refractivity contribution in [3.63, 3.8) is 0 Å². The first-order valence-corrected chi connectivity index (χ1v) is 4.32. The van der Waals surface area contributed by atoms with Gasteiger partial charge in [-0.15, -0.1) is 0 Å². The van der Waals surface area contributed by atoms with Gasteiger partial charge < -0.3 is 10.8 Å². The minimum Gasteiger partial charge on any atom is -0.477 e. The number of nitrogen functional groups attached to an aromatic ring is 1. The Hall–Kier alpha value is -2.30. The highest BCUT2D eigenvalue weighted by Crippen LogP contribution is 2.13. The molecule has 0 saturated carbocycles. The van der Waals surface area contributed by atoms with E-state index in [1.165, 1.54) is 16.9 Å². The number of anilines is 1. The van der Waals surface area contributed by atoms with Crippen molar-refractivity contribution in [1.29, 1.82) is 0 Å². The molecule has 1 aromatic carbocycles. The van der Waals surface area contributed by atoms with Gasteiger partial charge in [-0.05, 0) is 24.3 Å². The molecular weight excluding hydrogens is 194 g/mol. The van der Waals surface area contributed by atoms with Crippen LogP contribution < -0.4 is 5.73 Å². The Labute approximate surface area is 85.8 Å². The highest BCUT2D eigenvalue weighted by atomic mass is 16.4. The Morgan fingerprint density at radius 3 is 2.87 bits per heavy atom. The lowest BCUT2D eigenvalue weighted by molar-refractivity contribution is 0.0687. The summed E-state index contributed by atoms with van der Waals surface area (Å²) in [5, 5.41) is 12.8. The van der Waals surface area contributed by atoms with Crippen LogP contribution in [0.1, 0.15) is 10.5 Å². The fraction of sp³-hybridized carbons (Fsp3) is 0. The van der Waals surface area contributed by atoms with Gasteiger partial charge in [-0.2, -0.15) is 5.10 Å². The quantitative estimate of drug-likeness (QED) is 0.717. The molecule has 0 saturated heterocycles. The van der Waals surface area contributed by atoms with Gasteiger partial charge in [0.2, 0.25) is 0 Å². The van der Waals surface area contributed by atoms with Gasteiger partial charge in [0.05, 0.1) is 11.9 Å². The second kappa shape index (κ2) is 3.45. The zero-order valence-corrected chi connectivity index (χ0v) is 7.79. The topological polar surface area (TPSA) is 81.1 Å². The summed E-state index contributed by atoms with van der Waals surface area (Å²) in [6.45, 7) is 0. The molecule has 76 valence electrons. The molecule has 0 bridgehead atoms. The second-order valence-electron chi connectivity index (χ2n) is 3.03. The predicted octanol–water partition coefficient (Wildman–Crippen LogP) is 1.15. The van der Waals surface area contributed by atoms with Crippen LogP contribution in [0, 0.1) is 0 Å². The highest BCUT2D eigenvalue weighted by Gasteiger charge is 2.11. The van der Waals surface area contributed by atoms with E-state index >= 15 is 0 Å². The van der Waals surface area contributed by atoms with Crippen molar-refractivity contribution in [2.24, 2.45) is 0 Å². The van der Waals surface area contributed by atoms with Crippen LogP contribution in [0.25, 0.3) is 5.69 Å². The molecule has 2 rings (SSSR count). The summed E-state index contributed by atoms with van der Waals surface area (Å²) in [6, 6.07) is 8.33. The van der Waals surface area contributed by atoms with E-state index in [1.807, 2.05) is 0 Å². The summed E-state index contributed by atoms with van der Waals surface area (Å²) in [4.78, 5) is 10.8. The standard InChI is InChI=1S/C10H9N3O2/c11-7-2-1-3-8(6-7)13-9(10(14)15)4-5-12-13/h1-6H,11H2,(H,14,15). The smallest absolute Gasteiger partial charge is 0.354 e. The van der Waals surface area contributed by atoms with Crippen LogP contribution in [0.5, 0.6) is 0 Å². The minimum atomic E-state index is -1.02. The van der Waals surface area contributed by atoms with Gasteiger partial charge >= 0.3 is 5.97 Å². The molecule has 15 heavy (non-hydrogen) atoms. The van der Waals surface area contributed by atoms with E-state index in [0.29, 0.717) is 11.4 Å². The monoisotopic (exact) mass is 203 g/mol. The number of hydrogen-bond donors (Lipinski definition) is 2. The number of aromatic nitrogens is 2. The summed E-state index contributed by atoms with van der Waals surface area (Å²) in [6.07, 6.45) is 1.44. The molecule has 0 radical (unpaired) electrons. The van der Waals surface area contributed by atoms with Crippen LogP contribution in [0.3, 0.4) is 0 Å². The van der Waals surface area contributed by atoms with Gasteiger partial charge in [0, 0.05) is 5.69 Å². The first kappa shape index (κ1) is 9.26. The van der Waals surface area contributed by atoms with Crippen LogP contribution in [-0.2, 0) is 0 Å². The zero-order chi connectivity index (χ0) is 10.8. The van der Waals surface area contributed by atoms with Gasteiger partial charge in [-0.25, -0.2) is 9.48 Å². The van der Waals surface area contributed by atoms with Crippen LogP contribution in [0.4, 0.5) is 5.69 Å². The number of aromatic carboxylic acids is 1. The maximum absolute atomic E-state index is 10.8. The lowest BCUT2D eigenvalue weighted by atomic mass is 10.3. The zero-order valence-electron chi connectivity index (χ0n) is 7.79. The van der Waals surface area contributed by atoms with Crippen molar-refractivity contribution in [3.8, 4) is 5.69 Å². The average molecular weight is 203 g/mol. The maximum Gasteiger partial charge on any atom is 0.354 e. The highest BCUT2D eigenvalue weighted by molar-refractivity contribution is 5.86. The normalized spacial score (nSPS) is 10.1. The van der Waals surface area contributed by atoms with Gasteiger partial charge in [0.25, 0.3) is 0 Å². The molecule has 5 nitrogen and oxygen atoms in total. The van der Waals surface area contributed by atoms with Gasteiger partial charge in [-0.3, -0.25) is 0 Å². The molecule has 1 heterocycles. The SMILES string of the molecule is Nc1cccc(-n2nccc2C(=O)O)c1. The number of benzene rings is 1. The molecule has 0 atom stereocenters. The molecule has 0 amide bonds. The minimum absolute atomic E-state index is 0.112. The molecule has 2 aromatic rings. The van der Waals surface area contributed by atoms with Crippen LogP contribution >= 0.6 is 0 Å². The van der Waals surface area contributed by atoms with Crippen molar-refractivity contribution in [1.82, 2.24) is 9.78 Å². The summed E-state index contributed by atoms with van der Waals surface area (Å²) < 4.78 is 1.33. The Balaban J connectivity index is 2.54. The summed E-state index contributed by atoms with van der Waals surface area (Å²) in [5.74, 6) is -1.02. The maximum atomic E-state index is 10.8. The molecule has 0 aliphatic heterocycles. The summed E-state index contributed by atoms with van der Waals surface area (Å²) in [5.41, 5.74) is 6.92. The Bertz CT molecular complexity index is 505. The first-order valence-electron chi connectivity index (χ1n) is 4.32. The van der Waals surface area contributed by atoms with E-state index < -0.39 is 5.97 Å². The van der Waals surface area contributed by atoms with Crippen molar-refractivity contribution in [2.45, 2.75) is 0 Å². The molecule has 0 aliphatic carbocycles. The molecule has 0 aliphatic rings. The molecule has 0 unspecified atom stereocenters. The van der Waals surface area contributed by atoms with Crippen molar-refractivity contribution in [3.05, 3.63) is 42.2 Å². The fourth-order valence-electron chi connectivity index (χ4n) is 1.33. The van der Waals surface area contributed by atoms with E-state index in [2.05, 4.69) is 5.10 Å². The van der Waals surface area contributed by atoms with Gasteiger partial charge in [0.15, 0.2) is 5.69 Å². The number of carboxylic acids is 1. The lowest BCUT2D eigenvalue weighted by Crippen LogP contribution is -2.07. The van der Waals surface area contributed by atoms with Crippen LogP contribution in [-0.4, -0.2) is 20.9 Å². The molecule has 0 fully saturated rings. The Morgan fingerprint density at radius 2 is 2.20 bits per heavy atom. The number of carboxylic acid groups (broad SMARTS) is 1. The van der Waals surface area contributed by atoms with E-state index in [-0.39, 0.29) is 5.69 Å². The molecule has 3 N–H and O–H groups in total. The number of hydrogen-bond acceptors (Lipinski definition) is 3. The number of nitrogens with zero attached hydrogens (tertiary/aromatic N) is 2. The first-order chi connectivity index (χ1) is 7.18. The molecule has 5 heteroatoms. The van der Waals surface area contributed by atoms with Crippen LogP contribution in [0.2, 0.25) is 0 Å². The van der Waals surface area contributed by atoms with E-state index in [9.17, 15) is 4.79 Å². The summed E-state index contributed by atoms with van der Waals surface area (Å²) in [7, 11) is 0. The van der Waals surface area contributed by atoms with Gasteiger partial charge in [0.1, 0.15) is 0 Å². The molecule has 0 spiro atoms. The lowest BCUT2D eigenvalue weighted by Gasteiger charge is -2.04. The number of carbonyl (C=O) groups is 1. The van der Waals surface area contributed by atoms with Crippen molar-refractivity contribution in [2.75, 3.05) is 5.73 Å². The van der Waals surface area contributed by atoms with Crippen molar-refractivity contribution >= 4 is 11.7 Å². The fourth-order valence-corrected chi connectivity index (χ4v) is 1.33. The Kier molecular flexibility index (Phi) is 2.13. The third-order valence-corrected chi connectivity index (χ3v) is 1.98. The largest absolute Gasteiger partial charge is 0.477 e. The third kappa shape index (κ3) is 1.67. The molecule has 1 aromatic heterocycles. The number of rotatable bonds is 2.